The standard InChI is InChI=1S/C14H23N3O2/c1-16(10-12-15-8-9-17(12)2)11-14(13(18)19)6-4-3-5-7-14/h8-9H,3-7,10-11H2,1-2H3,(H,18,19). The molecule has 0 bridgehead atoms. The second kappa shape index (κ2) is 5.74. The Bertz CT molecular complexity index is 436. The van der Waals surface area contributed by atoms with E-state index in [9.17, 15) is 9.90 Å². The second-order valence-corrected chi connectivity index (χ2v) is 5.77. The van der Waals surface area contributed by atoms with E-state index < -0.39 is 11.4 Å². The zero-order chi connectivity index (χ0) is 13.9. The maximum atomic E-state index is 11.6. The maximum absolute atomic E-state index is 11.6. The fourth-order valence-electron chi connectivity index (χ4n) is 3.03. The van der Waals surface area contributed by atoms with Gasteiger partial charge in [0.05, 0.1) is 12.0 Å². The molecule has 5 nitrogen and oxygen atoms in total. The first-order valence-electron chi connectivity index (χ1n) is 6.92. The summed E-state index contributed by atoms with van der Waals surface area (Å²) in [6, 6.07) is 0. The molecule has 0 aliphatic heterocycles. The molecule has 0 spiro atoms. The zero-order valence-electron chi connectivity index (χ0n) is 11.8. The van der Waals surface area contributed by atoms with Crippen LogP contribution in [0, 0.1) is 5.41 Å². The number of carboxylic acids is 1. The van der Waals surface area contributed by atoms with Gasteiger partial charge in [-0.25, -0.2) is 4.98 Å². The fraction of sp³-hybridized carbons (Fsp3) is 0.714. The maximum Gasteiger partial charge on any atom is 0.310 e. The van der Waals surface area contributed by atoms with Gasteiger partial charge < -0.3 is 9.67 Å². The van der Waals surface area contributed by atoms with Crippen molar-refractivity contribution in [3.63, 3.8) is 0 Å². The Kier molecular flexibility index (Phi) is 4.24. The van der Waals surface area contributed by atoms with E-state index in [0.717, 1.165) is 37.9 Å². The van der Waals surface area contributed by atoms with E-state index in [0.29, 0.717) is 13.1 Å². The molecule has 1 N–H and O–H groups in total. The van der Waals surface area contributed by atoms with Gasteiger partial charge >= 0.3 is 5.97 Å². The normalized spacial score (nSPS) is 18.7. The average Bonchev–Trinajstić information content (AvgIpc) is 2.76. The molecular weight excluding hydrogens is 242 g/mol. The highest BCUT2D eigenvalue weighted by molar-refractivity contribution is 5.75. The van der Waals surface area contributed by atoms with Gasteiger partial charge in [0.25, 0.3) is 0 Å². The Balaban J connectivity index is 2.01. The summed E-state index contributed by atoms with van der Waals surface area (Å²) in [7, 11) is 3.94. The summed E-state index contributed by atoms with van der Waals surface area (Å²) < 4.78 is 1.98. The van der Waals surface area contributed by atoms with Crippen LogP contribution in [0.5, 0.6) is 0 Å². The number of nitrogens with zero attached hydrogens (tertiary/aromatic N) is 3. The molecule has 0 unspecified atom stereocenters. The van der Waals surface area contributed by atoms with Crippen LogP contribution < -0.4 is 0 Å². The number of carboxylic acid groups (broad SMARTS) is 1. The van der Waals surface area contributed by atoms with Crippen molar-refractivity contribution in [1.29, 1.82) is 0 Å². The highest BCUT2D eigenvalue weighted by Gasteiger charge is 2.40. The zero-order valence-corrected chi connectivity index (χ0v) is 11.8. The number of imidazole rings is 1. The highest BCUT2D eigenvalue weighted by atomic mass is 16.4. The van der Waals surface area contributed by atoms with Crippen LogP contribution in [0.2, 0.25) is 0 Å². The minimum atomic E-state index is -0.640. The molecule has 0 radical (unpaired) electrons. The smallest absolute Gasteiger partial charge is 0.310 e. The lowest BCUT2D eigenvalue weighted by Crippen LogP contribution is -2.43. The molecule has 0 aromatic carbocycles. The van der Waals surface area contributed by atoms with Gasteiger partial charge in [0.15, 0.2) is 0 Å². The van der Waals surface area contributed by atoms with Crippen LogP contribution in [-0.4, -0.2) is 39.1 Å². The molecule has 2 rings (SSSR count). The number of carbonyl (C=O) groups is 1. The molecule has 1 aliphatic rings. The van der Waals surface area contributed by atoms with Gasteiger partial charge in [-0.05, 0) is 19.9 Å². The van der Waals surface area contributed by atoms with Crippen molar-refractivity contribution in [2.24, 2.45) is 12.5 Å². The molecule has 0 amide bonds. The molecule has 1 saturated carbocycles. The van der Waals surface area contributed by atoms with Crippen molar-refractivity contribution in [2.75, 3.05) is 13.6 Å². The van der Waals surface area contributed by atoms with Gasteiger partial charge in [0.1, 0.15) is 5.82 Å². The van der Waals surface area contributed by atoms with Crippen LogP contribution in [0.4, 0.5) is 0 Å². The molecule has 1 heterocycles. The second-order valence-electron chi connectivity index (χ2n) is 5.77. The van der Waals surface area contributed by atoms with Gasteiger partial charge in [-0.1, -0.05) is 19.3 Å². The van der Waals surface area contributed by atoms with Crippen molar-refractivity contribution in [3.05, 3.63) is 18.2 Å². The topological polar surface area (TPSA) is 58.4 Å². The van der Waals surface area contributed by atoms with Crippen LogP contribution in [0.15, 0.2) is 12.4 Å². The molecule has 1 aromatic rings. The summed E-state index contributed by atoms with van der Waals surface area (Å²) in [5.74, 6) is 0.331. The van der Waals surface area contributed by atoms with Crippen molar-refractivity contribution >= 4 is 5.97 Å². The van der Waals surface area contributed by atoms with Crippen LogP contribution in [0.3, 0.4) is 0 Å². The van der Waals surface area contributed by atoms with Gasteiger partial charge in [0.2, 0.25) is 0 Å². The quantitative estimate of drug-likeness (QED) is 0.883. The van der Waals surface area contributed by atoms with Gasteiger partial charge in [-0.2, -0.15) is 0 Å². The van der Waals surface area contributed by atoms with Crippen molar-refractivity contribution in [3.8, 4) is 0 Å². The predicted octanol–water partition coefficient (Wildman–Crippen LogP) is 1.89. The Morgan fingerprint density at radius 1 is 1.47 bits per heavy atom. The largest absolute Gasteiger partial charge is 0.481 e. The summed E-state index contributed by atoms with van der Waals surface area (Å²) >= 11 is 0. The lowest BCUT2D eigenvalue weighted by molar-refractivity contribution is -0.152. The SMILES string of the molecule is CN(Cc1nccn1C)CC1(C(=O)O)CCCCC1. The number of aliphatic carboxylic acids is 1. The lowest BCUT2D eigenvalue weighted by atomic mass is 9.73. The third-order valence-electron chi connectivity index (χ3n) is 4.17. The van der Waals surface area contributed by atoms with E-state index in [2.05, 4.69) is 9.88 Å². The minimum absolute atomic E-state index is 0.557. The Morgan fingerprint density at radius 2 is 2.16 bits per heavy atom. The van der Waals surface area contributed by atoms with Crippen LogP contribution >= 0.6 is 0 Å². The molecule has 1 aromatic heterocycles. The average molecular weight is 265 g/mol. The molecule has 106 valence electrons. The van der Waals surface area contributed by atoms with Crippen LogP contribution in [0.25, 0.3) is 0 Å². The van der Waals surface area contributed by atoms with Crippen LogP contribution in [0.1, 0.15) is 37.9 Å². The first-order valence-corrected chi connectivity index (χ1v) is 6.92. The summed E-state index contributed by atoms with van der Waals surface area (Å²) in [6.45, 7) is 1.30. The molecule has 1 fully saturated rings. The number of aryl methyl sites for hydroxylation is 1. The molecule has 0 saturated heterocycles. The molecule has 5 heteroatoms. The molecule has 0 atom stereocenters. The Hall–Kier alpha value is -1.36. The number of rotatable bonds is 5. The van der Waals surface area contributed by atoms with E-state index in [1.807, 2.05) is 24.9 Å². The van der Waals surface area contributed by atoms with Crippen molar-refractivity contribution < 1.29 is 9.90 Å². The third-order valence-corrected chi connectivity index (χ3v) is 4.17. The van der Waals surface area contributed by atoms with Crippen molar-refractivity contribution in [2.45, 2.75) is 38.6 Å². The Morgan fingerprint density at radius 3 is 2.68 bits per heavy atom. The molecular formula is C14H23N3O2. The first-order chi connectivity index (χ1) is 9.03. The predicted molar refractivity (Wildman–Crippen MR) is 72.7 cm³/mol. The van der Waals surface area contributed by atoms with Crippen LogP contribution in [-0.2, 0) is 18.4 Å². The third kappa shape index (κ3) is 3.15. The lowest BCUT2D eigenvalue weighted by Gasteiger charge is -2.36. The summed E-state index contributed by atoms with van der Waals surface area (Å²) in [5.41, 5.74) is -0.557. The number of hydrogen-bond donors (Lipinski definition) is 1. The van der Waals surface area contributed by atoms with E-state index in [1.165, 1.54) is 0 Å². The fourth-order valence-corrected chi connectivity index (χ4v) is 3.03. The monoisotopic (exact) mass is 265 g/mol. The van der Waals surface area contributed by atoms with Gasteiger partial charge in [-0.15, -0.1) is 0 Å². The van der Waals surface area contributed by atoms with E-state index in [1.54, 1.807) is 6.20 Å². The molecule has 1 aliphatic carbocycles. The van der Waals surface area contributed by atoms with E-state index in [-0.39, 0.29) is 0 Å². The van der Waals surface area contributed by atoms with Crippen molar-refractivity contribution in [1.82, 2.24) is 14.5 Å². The highest BCUT2D eigenvalue weighted by Crippen LogP contribution is 2.37. The van der Waals surface area contributed by atoms with Gasteiger partial charge in [0, 0.05) is 26.0 Å². The Labute approximate surface area is 114 Å². The van der Waals surface area contributed by atoms with Gasteiger partial charge in [-0.3, -0.25) is 9.69 Å². The first kappa shape index (κ1) is 14.1. The van der Waals surface area contributed by atoms with E-state index in [4.69, 9.17) is 0 Å². The molecule has 19 heavy (non-hydrogen) atoms. The summed E-state index contributed by atoms with van der Waals surface area (Å²) in [4.78, 5) is 18.0. The number of hydrogen-bond acceptors (Lipinski definition) is 3. The van der Waals surface area contributed by atoms with E-state index >= 15 is 0 Å². The number of aromatic nitrogens is 2. The minimum Gasteiger partial charge on any atom is -0.481 e. The summed E-state index contributed by atoms with van der Waals surface area (Å²) in [6.07, 6.45) is 8.51. The summed E-state index contributed by atoms with van der Waals surface area (Å²) in [5, 5.41) is 9.57.